The van der Waals surface area contributed by atoms with Crippen molar-refractivity contribution in [3.8, 4) is 0 Å². The molecule has 3 rings (SSSR count). The fourth-order valence-electron chi connectivity index (χ4n) is 3.67. The zero-order valence-electron chi connectivity index (χ0n) is 11.7. The lowest BCUT2D eigenvalue weighted by Gasteiger charge is -2.32. The standard InChI is InChI=1S/C17H25NO/c18-16(14-7-2-1-3-8-14)12-17-15-9-5-4-6-13(15)10-11-19-17/h4-6,9,14,16-17H,1-3,7-8,10-12,18H2. The van der Waals surface area contributed by atoms with Gasteiger partial charge in [-0.3, -0.25) is 0 Å². The summed E-state index contributed by atoms with van der Waals surface area (Å²) in [6.07, 6.45) is 9.01. The third kappa shape index (κ3) is 3.01. The Bertz CT molecular complexity index is 411. The van der Waals surface area contributed by atoms with Crippen molar-refractivity contribution < 1.29 is 4.74 Å². The van der Waals surface area contributed by atoms with Crippen LogP contribution in [0.3, 0.4) is 0 Å². The minimum atomic E-state index is 0.224. The SMILES string of the molecule is NC(CC1OCCc2ccccc21)C1CCCCC1. The van der Waals surface area contributed by atoms with Crippen LogP contribution in [0, 0.1) is 5.92 Å². The second-order valence-corrected chi connectivity index (χ2v) is 6.11. The molecule has 104 valence electrons. The van der Waals surface area contributed by atoms with E-state index < -0.39 is 0 Å². The molecule has 1 aromatic rings. The topological polar surface area (TPSA) is 35.2 Å². The van der Waals surface area contributed by atoms with E-state index in [-0.39, 0.29) is 6.10 Å². The molecule has 2 N–H and O–H groups in total. The number of nitrogens with two attached hydrogens (primary N) is 1. The summed E-state index contributed by atoms with van der Waals surface area (Å²) in [5, 5.41) is 0. The molecule has 19 heavy (non-hydrogen) atoms. The fraction of sp³-hybridized carbons (Fsp3) is 0.647. The summed E-state index contributed by atoms with van der Waals surface area (Å²) in [6, 6.07) is 9.00. The molecule has 1 saturated carbocycles. The van der Waals surface area contributed by atoms with E-state index in [0.29, 0.717) is 12.0 Å². The van der Waals surface area contributed by atoms with Crippen molar-refractivity contribution in [2.24, 2.45) is 11.7 Å². The Kier molecular flexibility index (Phi) is 4.19. The van der Waals surface area contributed by atoms with E-state index in [9.17, 15) is 0 Å². The molecular weight excluding hydrogens is 234 g/mol. The largest absolute Gasteiger partial charge is 0.373 e. The van der Waals surface area contributed by atoms with Crippen LogP contribution in [0.15, 0.2) is 24.3 Å². The highest BCUT2D eigenvalue weighted by Crippen LogP contribution is 2.34. The first-order chi connectivity index (χ1) is 9.34. The highest BCUT2D eigenvalue weighted by atomic mass is 16.5. The predicted molar refractivity (Wildman–Crippen MR) is 78.0 cm³/mol. The Balaban J connectivity index is 1.66. The van der Waals surface area contributed by atoms with Crippen molar-refractivity contribution in [3.05, 3.63) is 35.4 Å². The predicted octanol–water partition coefficient (Wildman–Crippen LogP) is 3.60. The summed E-state index contributed by atoms with van der Waals surface area (Å²) in [6.45, 7) is 0.846. The monoisotopic (exact) mass is 259 g/mol. The maximum Gasteiger partial charge on any atom is 0.0842 e. The maximum atomic E-state index is 6.46. The lowest BCUT2D eigenvalue weighted by atomic mass is 9.81. The van der Waals surface area contributed by atoms with Crippen LogP contribution in [-0.2, 0) is 11.2 Å². The van der Waals surface area contributed by atoms with Crippen LogP contribution >= 0.6 is 0 Å². The van der Waals surface area contributed by atoms with Crippen LogP contribution in [-0.4, -0.2) is 12.6 Å². The minimum Gasteiger partial charge on any atom is -0.373 e. The van der Waals surface area contributed by atoms with E-state index in [4.69, 9.17) is 10.5 Å². The van der Waals surface area contributed by atoms with Crippen molar-refractivity contribution in [2.45, 2.75) is 57.1 Å². The summed E-state index contributed by atoms with van der Waals surface area (Å²) in [4.78, 5) is 0. The Hall–Kier alpha value is -0.860. The Labute approximate surface area is 116 Å². The van der Waals surface area contributed by atoms with E-state index in [2.05, 4.69) is 24.3 Å². The molecule has 2 unspecified atom stereocenters. The zero-order chi connectivity index (χ0) is 13.1. The van der Waals surface area contributed by atoms with Gasteiger partial charge in [0.2, 0.25) is 0 Å². The van der Waals surface area contributed by atoms with Crippen LogP contribution in [0.5, 0.6) is 0 Å². The van der Waals surface area contributed by atoms with E-state index in [0.717, 1.165) is 19.4 Å². The minimum absolute atomic E-state index is 0.224. The van der Waals surface area contributed by atoms with Gasteiger partial charge in [0.1, 0.15) is 0 Å². The van der Waals surface area contributed by atoms with Gasteiger partial charge < -0.3 is 10.5 Å². The lowest BCUT2D eigenvalue weighted by Crippen LogP contribution is -2.34. The second kappa shape index (κ2) is 6.06. The quantitative estimate of drug-likeness (QED) is 0.900. The first-order valence-corrected chi connectivity index (χ1v) is 7.79. The van der Waals surface area contributed by atoms with Gasteiger partial charge in [0.25, 0.3) is 0 Å². The van der Waals surface area contributed by atoms with Gasteiger partial charge in [-0.15, -0.1) is 0 Å². The summed E-state index contributed by atoms with van der Waals surface area (Å²) in [5.41, 5.74) is 9.28. The summed E-state index contributed by atoms with van der Waals surface area (Å²) < 4.78 is 5.99. The van der Waals surface area contributed by atoms with Gasteiger partial charge in [-0.25, -0.2) is 0 Å². The third-order valence-corrected chi connectivity index (χ3v) is 4.83. The summed E-state index contributed by atoms with van der Waals surface area (Å²) in [5.74, 6) is 0.714. The lowest BCUT2D eigenvalue weighted by molar-refractivity contribution is 0.0263. The van der Waals surface area contributed by atoms with Crippen molar-refractivity contribution in [1.82, 2.24) is 0 Å². The van der Waals surface area contributed by atoms with Crippen LogP contribution in [0.4, 0.5) is 0 Å². The average Bonchev–Trinajstić information content (AvgIpc) is 2.48. The second-order valence-electron chi connectivity index (χ2n) is 6.11. The van der Waals surface area contributed by atoms with E-state index >= 15 is 0 Å². The number of hydrogen-bond acceptors (Lipinski definition) is 2. The number of ether oxygens (including phenoxy) is 1. The average molecular weight is 259 g/mol. The highest BCUT2D eigenvalue weighted by molar-refractivity contribution is 5.31. The maximum absolute atomic E-state index is 6.46. The Morgan fingerprint density at radius 1 is 1.16 bits per heavy atom. The molecule has 2 nitrogen and oxygen atoms in total. The molecule has 2 heteroatoms. The smallest absolute Gasteiger partial charge is 0.0842 e. The van der Waals surface area contributed by atoms with Gasteiger partial charge >= 0.3 is 0 Å². The molecule has 0 amide bonds. The molecular formula is C17H25NO. The number of benzene rings is 1. The molecule has 0 radical (unpaired) electrons. The van der Waals surface area contributed by atoms with Crippen LogP contribution in [0.2, 0.25) is 0 Å². The molecule has 0 spiro atoms. The molecule has 2 atom stereocenters. The van der Waals surface area contributed by atoms with Crippen molar-refractivity contribution >= 4 is 0 Å². The van der Waals surface area contributed by atoms with Gasteiger partial charge in [-0.05, 0) is 42.7 Å². The molecule has 0 bridgehead atoms. The Morgan fingerprint density at radius 2 is 1.95 bits per heavy atom. The molecule has 2 aliphatic rings. The summed E-state index contributed by atoms with van der Waals surface area (Å²) >= 11 is 0. The first-order valence-electron chi connectivity index (χ1n) is 7.79. The summed E-state index contributed by atoms with van der Waals surface area (Å²) in [7, 11) is 0. The number of hydrogen-bond donors (Lipinski definition) is 1. The number of rotatable bonds is 3. The molecule has 1 aliphatic carbocycles. The normalized spacial score (nSPS) is 25.8. The van der Waals surface area contributed by atoms with Crippen molar-refractivity contribution in [3.63, 3.8) is 0 Å². The van der Waals surface area contributed by atoms with Crippen LogP contribution in [0.1, 0.15) is 55.8 Å². The van der Waals surface area contributed by atoms with Crippen molar-refractivity contribution in [1.29, 1.82) is 0 Å². The highest BCUT2D eigenvalue weighted by Gasteiger charge is 2.27. The van der Waals surface area contributed by atoms with E-state index in [1.807, 2.05) is 0 Å². The van der Waals surface area contributed by atoms with Gasteiger partial charge in [-0.1, -0.05) is 43.5 Å². The molecule has 1 heterocycles. The van der Waals surface area contributed by atoms with Crippen LogP contribution < -0.4 is 5.73 Å². The van der Waals surface area contributed by atoms with E-state index in [1.165, 1.54) is 43.2 Å². The first kappa shape index (κ1) is 13.1. The number of fused-ring (bicyclic) bond motifs is 1. The third-order valence-electron chi connectivity index (χ3n) is 4.83. The molecule has 0 saturated heterocycles. The molecule has 1 aromatic carbocycles. The zero-order valence-corrected chi connectivity index (χ0v) is 11.7. The van der Waals surface area contributed by atoms with Crippen molar-refractivity contribution in [2.75, 3.05) is 6.61 Å². The molecule has 0 aromatic heterocycles. The van der Waals surface area contributed by atoms with Gasteiger partial charge in [0, 0.05) is 6.04 Å². The van der Waals surface area contributed by atoms with E-state index in [1.54, 1.807) is 0 Å². The van der Waals surface area contributed by atoms with Crippen LogP contribution in [0.25, 0.3) is 0 Å². The van der Waals surface area contributed by atoms with Gasteiger partial charge in [-0.2, -0.15) is 0 Å². The van der Waals surface area contributed by atoms with Gasteiger partial charge in [0.05, 0.1) is 12.7 Å². The molecule has 1 aliphatic heterocycles. The van der Waals surface area contributed by atoms with Gasteiger partial charge in [0.15, 0.2) is 0 Å². The Morgan fingerprint density at radius 3 is 2.79 bits per heavy atom. The molecule has 1 fully saturated rings. The fourth-order valence-corrected chi connectivity index (χ4v) is 3.67.